The zero-order valence-electron chi connectivity index (χ0n) is 21.0. The molecular formula is C26H32BrN3O5. The SMILES string of the molecule is COc1ccc(C)c(Nc2nc(O[C@H]3CCCN(C(=O)OC(C)(C)C)C3)c3ccoc3c2Br)c1C. The normalized spacial score (nSPS) is 16.3. The molecule has 4 rings (SSSR count). The maximum absolute atomic E-state index is 12.6. The molecule has 188 valence electrons. The maximum atomic E-state index is 12.6. The fourth-order valence-electron chi connectivity index (χ4n) is 4.18. The van der Waals surface area contributed by atoms with Gasteiger partial charge in [0.05, 0.1) is 25.3 Å². The molecule has 0 radical (unpaired) electrons. The Morgan fingerprint density at radius 2 is 2.03 bits per heavy atom. The Hall–Kier alpha value is -2.94. The molecule has 8 nitrogen and oxygen atoms in total. The minimum absolute atomic E-state index is 0.212. The molecule has 1 saturated heterocycles. The number of aryl methyl sites for hydroxylation is 1. The minimum Gasteiger partial charge on any atom is -0.496 e. The van der Waals surface area contributed by atoms with Gasteiger partial charge in [0.2, 0.25) is 5.88 Å². The third-order valence-electron chi connectivity index (χ3n) is 5.91. The molecule has 1 atom stereocenters. The molecule has 3 heterocycles. The lowest BCUT2D eigenvalue weighted by Crippen LogP contribution is -2.46. The van der Waals surface area contributed by atoms with Crippen LogP contribution in [0.25, 0.3) is 11.0 Å². The van der Waals surface area contributed by atoms with Crippen LogP contribution in [0.2, 0.25) is 0 Å². The van der Waals surface area contributed by atoms with E-state index in [9.17, 15) is 4.79 Å². The zero-order valence-corrected chi connectivity index (χ0v) is 22.6. The summed E-state index contributed by atoms with van der Waals surface area (Å²) in [5.41, 5.74) is 3.03. The Bertz CT molecular complexity index is 1230. The number of likely N-dealkylation sites (tertiary alicyclic amines) is 1. The molecular weight excluding hydrogens is 514 g/mol. The second-order valence-electron chi connectivity index (χ2n) is 9.76. The van der Waals surface area contributed by atoms with Gasteiger partial charge in [-0.05, 0) is 81.1 Å². The standard InChI is InChI=1S/C26H32BrN3O5/c1-15-9-10-19(32-6)16(2)21(15)28-23-20(27)22-18(11-13-33-22)24(29-23)34-17-8-7-12-30(14-17)25(31)35-26(3,4)5/h9-11,13,17H,7-8,12,14H2,1-6H3,(H,28,29)/t17-/m0/s1. The number of ether oxygens (including phenoxy) is 3. The predicted octanol–water partition coefficient (Wildman–Crippen LogP) is 6.74. The molecule has 1 aliphatic heterocycles. The van der Waals surface area contributed by atoms with Crippen molar-refractivity contribution in [1.82, 2.24) is 9.88 Å². The monoisotopic (exact) mass is 545 g/mol. The van der Waals surface area contributed by atoms with Gasteiger partial charge < -0.3 is 28.8 Å². The summed E-state index contributed by atoms with van der Waals surface area (Å²) < 4.78 is 23.9. The molecule has 0 spiro atoms. The van der Waals surface area contributed by atoms with Gasteiger partial charge in [-0.3, -0.25) is 0 Å². The molecule has 0 unspecified atom stereocenters. The highest BCUT2D eigenvalue weighted by atomic mass is 79.9. The fourth-order valence-corrected chi connectivity index (χ4v) is 4.68. The molecule has 0 bridgehead atoms. The molecule has 9 heteroatoms. The summed E-state index contributed by atoms with van der Waals surface area (Å²) >= 11 is 3.64. The lowest BCUT2D eigenvalue weighted by atomic mass is 10.1. The lowest BCUT2D eigenvalue weighted by molar-refractivity contribution is 0.00744. The Kier molecular flexibility index (Phi) is 7.17. The van der Waals surface area contributed by atoms with E-state index in [-0.39, 0.29) is 12.2 Å². The first-order chi connectivity index (χ1) is 16.6. The number of aromatic nitrogens is 1. The Morgan fingerprint density at radius 1 is 1.26 bits per heavy atom. The van der Waals surface area contributed by atoms with Crippen molar-refractivity contribution in [2.45, 2.75) is 59.2 Å². The number of hydrogen-bond donors (Lipinski definition) is 1. The van der Waals surface area contributed by atoms with Crippen molar-refractivity contribution in [3.05, 3.63) is 40.1 Å². The number of carbonyl (C=O) groups excluding carboxylic acids is 1. The molecule has 1 amide bonds. The largest absolute Gasteiger partial charge is 0.496 e. The van der Waals surface area contributed by atoms with Gasteiger partial charge in [-0.2, -0.15) is 4.98 Å². The number of rotatable bonds is 5. The second kappa shape index (κ2) is 9.97. The van der Waals surface area contributed by atoms with E-state index in [2.05, 4.69) is 21.2 Å². The number of nitrogens with one attached hydrogen (secondary N) is 1. The van der Waals surface area contributed by atoms with E-state index in [0.29, 0.717) is 34.8 Å². The van der Waals surface area contributed by atoms with Crippen LogP contribution in [0.4, 0.5) is 16.3 Å². The summed E-state index contributed by atoms with van der Waals surface area (Å²) in [4.78, 5) is 19.1. The molecule has 0 aliphatic carbocycles. The highest BCUT2D eigenvalue weighted by Crippen LogP contribution is 2.40. The first kappa shape index (κ1) is 25.2. The van der Waals surface area contributed by atoms with Gasteiger partial charge in [0.25, 0.3) is 0 Å². The third-order valence-corrected chi connectivity index (χ3v) is 6.65. The predicted molar refractivity (Wildman–Crippen MR) is 139 cm³/mol. The molecule has 3 aromatic rings. The number of piperidine rings is 1. The van der Waals surface area contributed by atoms with Crippen LogP contribution in [0.15, 0.2) is 33.4 Å². The van der Waals surface area contributed by atoms with Gasteiger partial charge in [-0.25, -0.2) is 4.79 Å². The van der Waals surface area contributed by atoms with Crippen LogP contribution in [-0.4, -0.2) is 47.9 Å². The van der Waals surface area contributed by atoms with Crippen molar-refractivity contribution in [3.63, 3.8) is 0 Å². The van der Waals surface area contributed by atoms with Gasteiger partial charge in [0.1, 0.15) is 21.9 Å². The minimum atomic E-state index is -0.544. The van der Waals surface area contributed by atoms with Crippen molar-refractivity contribution in [3.8, 4) is 11.6 Å². The number of methoxy groups -OCH3 is 1. The number of furan rings is 1. The average Bonchev–Trinajstić information content (AvgIpc) is 3.29. The summed E-state index contributed by atoms with van der Waals surface area (Å²) in [5, 5.41) is 4.19. The number of halogens is 1. The van der Waals surface area contributed by atoms with E-state index < -0.39 is 5.60 Å². The van der Waals surface area contributed by atoms with Crippen LogP contribution in [0.5, 0.6) is 11.6 Å². The molecule has 2 aromatic heterocycles. The number of amides is 1. The summed E-state index contributed by atoms with van der Waals surface area (Å²) in [6, 6.07) is 5.78. The van der Waals surface area contributed by atoms with E-state index >= 15 is 0 Å². The van der Waals surface area contributed by atoms with Crippen LogP contribution in [0.3, 0.4) is 0 Å². The number of hydrogen-bond acceptors (Lipinski definition) is 7. The van der Waals surface area contributed by atoms with E-state index in [4.69, 9.17) is 23.6 Å². The topological polar surface area (TPSA) is 86.1 Å². The van der Waals surface area contributed by atoms with E-state index in [1.165, 1.54) is 0 Å². The van der Waals surface area contributed by atoms with Gasteiger partial charge >= 0.3 is 6.09 Å². The van der Waals surface area contributed by atoms with Gasteiger partial charge in [-0.1, -0.05) is 6.07 Å². The summed E-state index contributed by atoms with van der Waals surface area (Å²) in [6.45, 7) is 10.7. The van der Waals surface area contributed by atoms with Crippen molar-refractivity contribution in [2.24, 2.45) is 0 Å². The van der Waals surface area contributed by atoms with E-state index in [1.54, 1.807) is 18.3 Å². The van der Waals surface area contributed by atoms with Gasteiger partial charge in [-0.15, -0.1) is 0 Å². The van der Waals surface area contributed by atoms with Crippen LogP contribution < -0.4 is 14.8 Å². The molecule has 35 heavy (non-hydrogen) atoms. The van der Waals surface area contributed by atoms with Crippen LogP contribution in [-0.2, 0) is 4.74 Å². The number of anilines is 2. The van der Waals surface area contributed by atoms with E-state index in [0.717, 1.165) is 40.8 Å². The molecule has 0 saturated carbocycles. The Morgan fingerprint density at radius 3 is 2.74 bits per heavy atom. The van der Waals surface area contributed by atoms with E-state index in [1.807, 2.05) is 52.8 Å². The number of nitrogens with zero attached hydrogens (tertiary/aromatic N) is 2. The molecule has 1 N–H and O–H groups in total. The second-order valence-corrected chi connectivity index (χ2v) is 10.6. The van der Waals surface area contributed by atoms with Crippen molar-refractivity contribution < 1.29 is 23.4 Å². The summed E-state index contributed by atoms with van der Waals surface area (Å²) in [6.07, 6.45) is 2.71. The number of pyridine rings is 1. The first-order valence-electron chi connectivity index (χ1n) is 11.7. The molecule has 1 fully saturated rings. The van der Waals surface area contributed by atoms with Crippen LogP contribution in [0.1, 0.15) is 44.7 Å². The van der Waals surface area contributed by atoms with Crippen LogP contribution >= 0.6 is 15.9 Å². The quantitative estimate of drug-likeness (QED) is 0.380. The zero-order chi connectivity index (χ0) is 25.3. The number of fused-ring (bicyclic) bond motifs is 1. The summed E-state index contributed by atoms with van der Waals surface area (Å²) in [5.74, 6) is 1.81. The highest BCUT2D eigenvalue weighted by Gasteiger charge is 2.30. The Labute approximate surface area is 214 Å². The smallest absolute Gasteiger partial charge is 0.410 e. The average molecular weight is 546 g/mol. The summed E-state index contributed by atoms with van der Waals surface area (Å²) in [7, 11) is 1.65. The van der Waals surface area contributed by atoms with Crippen molar-refractivity contribution in [1.29, 1.82) is 0 Å². The van der Waals surface area contributed by atoms with Gasteiger partial charge in [0, 0.05) is 17.8 Å². The molecule has 1 aromatic carbocycles. The third kappa shape index (κ3) is 5.50. The Balaban J connectivity index is 1.62. The number of benzene rings is 1. The molecule has 1 aliphatic rings. The van der Waals surface area contributed by atoms with Gasteiger partial charge in [0.15, 0.2) is 11.4 Å². The number of carbonyl (C=O) groups is 1. The first-order valence-corrected chi connectivity index (χ1v) is 12.5. The fraction of sp³-hybridized carbons (Fsp3) is 0.462. The van der Waals surface area contributed by atoms with Crippen LogP contribution in [0, 0.1) is 13.8 Å². The van der Waals surface area contributed by atoms with Crippen molar-refractivity contribution >= 4 is 44.5 Å². The maximum Gasteiger partial charge on any atom is 0.410 e. The highest BCUT2D eigenvalue weighted by molar-refractivity contribution is 9.10. The van der Waals surface area contributed by atoms with Crippen molar-refractivity contribution in [2.75, 3.05) is 25.5 Å². The lowest BCUT2D eigenvalue weighted by Gasteiger charge is -2.34.